The summed E-state index contributed by atoms with van der Waals surface area (Å²) in [5.41, 5.74) is -0.600. The van der Waals surface area contributed by atoms with E-state index in [1.165, 1.54) is 12.0 Å². The molecule has 1 aliphatic heterocycles. The molecule has 1 N–H and O–H groups in total. The van der Waals surface area contributed by atoms with Gasteiger partial charge in [-0.2, -0.15) is 0 Å². The average molecular weight is 340 g/mol. The van der Waals surface area contributed by atoms with Crippen LogP contribution in [0.25, 0.3) is 0 Å². The highest BCUT2D eigenvalue weighted by atomic mass is 32.1. The lowest BCUT2D eigenvalue weighted by molar-refractivity contribution is -0.125. The van der Waals surface area contributed by atoms with Gasteiger partial charge in [-0.15, -0.1) is 11.3 Å². The van der Waals surface area contributed by atoms with Gasteiger partial charge in [0.05, 0.1) is 12.1 Å². The van der Waals surface area contributed by atoms with Crippen molar-refractivity contribution >= 4 is 34.3 Å². The predicted molar refractivity (Wildman–Crippen MR) is 85.6 cm³/mol. The number of anilines is 1. The standard InChI is InChI=1S/C15H20N2O5S/c1-15(2,3)22-14(20)17-8-7-9(17)12(18)16-11-6-5-10(23-11)13(19)21-4/h5-6,9H,7-8H2,1-4H3,(H,16,18)/t9-/m1/s1. The van der Waals surface area contributed by atoms with Crippen LogP contribution in [0.4, 0.5) is 9.80 Å². The first kappa shape index (κ1) is 17.3. The van der Waals surface area contributed by atoms with Crippen molar-refractivity contribution in [1.82, 2.24) is 4.90 Å². The Morgan fingerprint density at radius 2 is 2.00 bits per heavy atom. The number of likely N-dealkylation sites (tertiary alicyclic amines) is 1. The molecule has 0 unspecified atom stereocenters. The zero-order chi connectivity index (χ0) is 17.2. The van der Waals surface area contributed by atoms with Crippen LogP contribution in [0, 0.1) is 0 Å². The first-order chi connectivity index (χ1) is 10.7. The third kappa shape index (κ3) is 4.22. The first-order valence-corrected chi connectivity index (χ1v) is 8.01. The Balaban J connectivity index is 1.94. The molecule has 0 radical (unpaired) electrons. The van der Waals surface area contributed by atoms with Gasteiger partial charge in [-0.05, 0) is 39.3 Å². The number of hydrogen-bond acceptors (Lipinski definition) is 6. The first-order valence-electron chi connectivity index (χ1n) is 7.20. The SMILES string of the molecule is COC(=O)c1ccc(NC(=O)[C@H]2CCN2C(=O)OC(C)(C)C)s1. The van der Waals surface area contributed by atoms with Crippen LogP contribution in [-0.2, 0) is 14.3 Å². The molecule has 1 saturated heterocycles. The van der Waals surface area contributed by atoms with Crippen molar-refractivity contribution in [2.45, 2.75) is 38.8 Å². The molecule has 126 valence electrons. The minimum Gasteiger partial charge on any atom is -0.465 e. The zero-order valence-electron chi connectivity index (χ0n) is 13.5. The fraction of sp³-hybridized carbons (Fsp3) is 0.533. The van der Waals surface area contributed by atoms with E-state index in [1.807, 2.05) is 0 Å². The molecular weight excluding hydrogens is 320 g/mol. The van der Waals surface area contributed by atoms with Crippen LogP contribution in [0.3, 0.4) is 0 Å². The molecule has 23 heavy (non-hydrogen) atoms. The highest BCUT2D eigenvalue weighted by molar-refractivity contribution is 7.18. The molecule has 0 spiro atoms. The Labute approximate surface area is 138 Å². The second-order valence-electron chi connectivity index (χ2n) is 6.12. The van der Waals surface area contributed by atoms with Crippen LogP contribution in [-0.4, -0.2) is 48.2 Å². The maximum atomic E-state index is 12.3. The van der Waals surface area contributed by atoms with Crippen LogP contribution >= 0.6 is 11.3 Å². The van der Waals surface area contributed by atoms with Gasteiger partial charge in [-0.1, -0.05) is 0 Å². The number of nitrogens with zero attached hydrogens (tertiary/aromatic N) is 1. The molecule has 1 aliphatic rings. The number of methoxy groups -OCH3 is 1. The van der Waals surface area contributed by atoms with Crippen LogP contribution in [0.15, 0.2) is 12.1 Å². The molecule has 0 aromatic carbocycles. The molecule has 1 aromatic heterocycles. The van der Waals surface area contributed by atoms with Crippen molar-refractivity contribution in [3.63, 3.8) is 0 Å². The van der Waals surface area contributed by atoms with Gasteiger partial charge in [0.2, 0.25) is 5.91 Å². The van der Waals surface area contributed by atoms with Crippen LogP contribution in [0.2, 0.25) is 0 Å². The van der Waals surface area contributed by atoms with Crippen molar-refractivity contribution in [1.29, 1.82) is 0 Å². The zero-order valence-corrected chi connectivity index (χ0v) is 14.4. The maximum absolute atomic E-state index is 12.3. The number of ether oxygens (including phenoxy) is 2. The van der Waals surface area contributed by atoms with E-state index in [0.29, 0.717) is 22.8 Å². The predicted octanol–water partition coefficient (Wildman–Crippen LogP) is 2.48. The summed E-state index contributed by atoms with van der Waals surface area (Å²) in [4.78, 5) is 37.5. The third-order valence-electron chi connectivity index (χ3n) is 3.19. The largest absolute Gasteiger partial charge is 0.465 e. The van der Waals surface area contributed by atoms with E-state index in [1.54, 1.807) is 32.9 Å². The summed E-state index contributed by atoms with van der Waals surface area (Å²) >= 11 is 1.12. The lowest BCUT2D eigenvalue weighted by Gasteiger charge is -2.40. The molecule has 1 atom stereocenters. The monoisotopic (exact) mass is 340 g/mol. The second-order valence-corrected chi connectivity index (χ2v) is 7.21. The van der Waals surface area contributed by atoms with Gasteiger partial charge in [0, 0.05) is 6.54 Å². The van der Waals surface area contributed by atoms with E-state index in [0.717, 1.165) is 11.3 Å². The van der Waals surface area contributed by atoms with Gasteiger partial charge in [-0.3, -0.25) is 9.69 Å². The molecule has 2 amide bonds. The van der Waals surface area contributed by atoms with Gasteiger partial charge >= 0.3 is 12.1 Å². The van der Waals surface area contributed by atoms with Gasteiger partial charge < -0.3 is 14.8 Å². The van der Waals surface area contributed by atoms with E-state index in [-0.39, 0.29) is 5.91 Å². The molecule has 8 heteroatoms. The van der Waals surface area contributed by atoms with E-state index in [9.17, 15) is 14.4 Å². The molecule has 2 rings (SSSR count). The third-order valence-corrected chi connectivity index (χ3v) is 4.17. The molecule has 0 saturated carbocycles. The molecule has 0 aliphatic carbocycles. The molecule has 2 heterocycles. The van der Waals surface area contributed by atoms with E-state index in [4.69, 9.17) is 4.74 Å². The van der Waals surface area contributed by atoms with Crippen molar-refractivity contribution < 1.29 is 23.9 Å². The molecule has 1 aromatic rings. The Morgan fingerprint density at radius 3 is 2.52 bits per heavy atom. The summed E-state index contributed by atoms with van der Waals surface area (Å²) in [6.07, 6.45) is 0.0886. The summed E-state index contributed by atoms with van der Waals surface area (Å²) in [5.74, 6) is -0.741. The molecule has 7 nitrogen and oxygen atoms in total. The van der Waals surface area contributed by atoms with Crippen molar-refractivity contribution in [3.8, 4) is 0 Å². The van der Waals surface area contributed by atoms with Crippen LogP contribution < -0.4 is 5.32 Å². The Kier molecular flexibility index (Phi) is 4.93. The lowest BCUT2D eigenvalue weighted by Crippen LogP contribution is -2.57. The normalized spacial score (nSPS) is 17.2. The Bertz CT molecular complexity index is 620. The molecule has 1 fully saturated rings. The minimum atomic E-state index is -0.600. The average Bonchev–Trinajstić information content (AvgIpc) is 2.82. The number of esters is 1. The quantitative estimate of drug-likeness (QED) is 0.855. The number of thiophene rings is 1. The Hall–Kier alpha value is -2.09. The van der Waals surface area contributed by atoms with Gasteiger partial charge in [-0.25, -0.2) is 9.59 Å². The molecule has 0 bridgehead atoms. The fourth-order valence-electron chi connectivity index (χ4n) is 2.02. The molecular formula is C15H20N2O5S. The van der Waals surface area contributed by atoms with E-state index in [2.05, 4.69) is 10.1 Å². The summed E-state index contributed by atoms with van der Waals surface area (Å²) in [6.45, 7) is 5.82. The summed E-state index contributed by atoms with van der Waals surface area (Å²) in [7, 11) is 1.30. The maximum Gasteiger partial charge on any atom is 0.410 e. The number of rotatable bonds is 3. The van der Waals surface area contributed by atoms with Crippen molar-refractivity contribution in [2.75, 3.05) is 19.0 Å². The smallest absolute Gasteiger partial charge is 0.410 e. The lowest BCUT2D eigenvalue weighted by atomic mass is 10.0. The van der Waals surface area contributed by atoms with Gasteiger partial charge in [0.15, 0.2) is 0 Å². The van der Waals surface area contributed by atoms with Crippen LogP contribution in [0.5, 0.6) is 0 Å². The minimum absolute atomic E-state index is 0.291. The Morgan fingerprint density at radius 1 is 1.30 bits per heavy atom. The number of hydrogen-bond donors (Lipinski definition) is 1. The van der Waals surface area contributed by atoms with E-state index < -0.39 is 23.7 Å². The summed E-state index contributed by atoms with van der Waals surface area (Å²) in [5, 5.41) is 3.25. The van der Waals surface area contributed by atoms with E-state index >= 15 is 0 Å². The van der Waals surface area contributed by atoms with Crippen molar-refractivity contribution in [2.24, 2.45) is 0 Å². The number of carbonyl (C=O) groups excluding carboxylic acids is 3. The fourth-order valence-corrected chi connectivity index (χ4v) is 2.85. The number of nitrogens with one attached hydrogen (secondary N) is 1. The number of carbonyl (C=O) groups is 3. The summed E-state index contributed by atoms with van der Waals surface area (Å²) in [6, 6.07) is 2.66. The summed E-state index contributed by atoms with van der Waals surface area (Å²) < 4.78 is 9.89. The van der Waals surface area contributed by atoms with Crippen molar-refractivity contribution in [3.05, 3.63) is 17.0 Å². The van der Waals surface area contributed by atoms with Crippen LogP contribution in [0.1, 0.15) is 36.9 Å². The van der Waals surface area contributed by atoms with Gasteiger partial charge in [0.1, 0.15) is 16.5 Å². The van der Waals surface area contributed by atoms with Gasteiger partial charge in [0.25, 0.3) is 0 Å². The highest BCUT2D eigenvalue weighted by Gasteiger charge is 2.40. The topological polar surface area (TPSA) is 84.9 Å². The second kappa shape index (κ2) is 6.57. The number of amides is 2. The highest BCUT2D eigenvalue weighted by Crippen LogP contribution is 2.26.